The maximum absolute atomic E-state index is 6.51. The lowest BCUT2D eigenvalue weighted by Crippen LogP contribution is -2.29. The highest BCUT2D eigenvalue weighted by molar-refractivity contribution is 5.06. The Morgan fingerprint density at radius 1 is 1.00 bits per heavy atom. The molecule has 3 aliphatic carbocycles. The minimum Gasteiger partial charge on any atom is -0.378 e. The minimum atomic E-state index is 0.483. The van der Waals surface area contributed by atoms with Gasteiger partial charge < -0.3 is 4.74 Å². The van der Waals surface area contributed by atoms with Crippen molar-refractivity contribution < 1.29 is 4.74 Å². The van der Waals surface area contributed by atoms with E-state index in [1.165, 1.54) is 77.0 Å². The van der Waals surface area contributed by atoms with E-state index in [9.17, 15) is 0 Å². The zero-order chi connectivity index (χ0) is 18.2. The number of rotatable bonds is 8. The first kappa shape index (κ1) is 20.2. The van der Waals surface area contributed by atoms with Crippen molar-refractivity contribution in [3.63, 3.8) is 0 Å². The Labute approximate surface area is 162 Å². The Morgan fingerprint density at radius 2 is 1.85 bits per heavy atom. The van der Waals surface area contributed by atoms with Gasteiger partial charge in [-0.3, -0.25) is 0 Å². The van der Waals surface area contributed by atoms with Crippen LogP contribution in [0, 0.1) is 23.7 Å². The molecule has 0 aliphatic heterocycles. The highest BCUT2D eigenvalue weighted by Gasteiger charge is 2.29. The summed E-state index contributed by atoms with van der Waals surface area (Å²) < 4.78 is 6.51. The van der Waals surface area contributed by atoms with Gasteiger partial charge in [0, 0.05) is 0 Å². The molecule has 1 fully saturated rings. The molecule has 0 bridgehead atoms. The average molecular weight is 359 g/mol. The molecule has 1 nitrogen and oxygen atoms in total. The fraction of sp³-hybridized carbons (Fsp3) is 0.840. The van der Waals surface area contributed by atoms with Gasteiger partial charge in [0.1, 0.15) is 0 Å². The topological polar surface area (TPSA) is 9.23 Å². The maximum Gasteiger partial charge on any atom is 0.0612 e. The monoisotopic (exact) mass is 358 g/mol. The van der Waals surface area contributed by atoms with Crippen LogP contribution in [0.5, 0.6) is 0 Å². The smallest absolute Gasteiger partial charge is 0.0612 e. The molecule has 26 heavy (non-hydrogen) atoms. The van der Waals surface area contributed by atoms with Crippen LogP contribution in [0.2, 0.25) is 0 Å². The first-order chi connectivity index (χ1) is 12.8. The summed E-state index contributed by atoms with van der Waals surface area (Å²) in [7, 11) is 0. The molecule has 1 saturated carbocycles. The second kappa shape index (κ2) is 10.7. The fourth-order valence-corrected chi connectivity index (χ4v) is 5.61. The van der Waals surface area contributed by atoms with Crippen molar-refractivity contribution >= 4 is 0 Å². The molecular formula is C25H42O. The lowest BCUT2D eigenvalue weighted by molar-refractivity contribution is -0.000560. The van der Waals surface area contributed by atoms with Crippen LogP contribution in [-0.4, -0.2) is 12.7 Å². The molecule has 3 aliphatic rings. The Kier molecular flexibility index (Phi) is 8.30. The average Bonchev–Trinajstić information content (AvgIpc) is 2.72. The van der Waals surface area contributed by atoms with E-state index < -0.39 is 0 Å². The molecule has 4 atom stereocenters. The van der Waals surface area contributed by atoms with Gasteiger partial charge >= 0.3 is 0 Å². The third-order valence-corrected chi connectivity index (χ3v) is 7.56. The molecule has 3 unspecified atom stereocenters. The zero-order valence-corrected chi connectivity index (χ0v) is 17.4. The predicted octanol–water partition coefficient (Wildman–Crippen LogP) is 7.47. The molecule has 0 radical (unpaired) electrons. The molecule has 0 spiro atoms. The van der Waals surface area contributed by atoms with E-state index in [1.807, 2.05) is 0 Å². The van der Waals surface area contributed by atoms with E-state index in [0.717, 1.165) is 36.7 Å². The quantitative estimate of drug-likeness (QED) is 0.409. The number of hydrogen-bond acceptors (Lipinski definition) is 1. The van der Waals surface area contributed by atoms with Crippen LogP contribution in [0.1, 0.15) is 97.3 Å². The molecule has 3 rings (SSSR count). The van der Waals surface area contributed by atoms with Gasteiger partial charge in [0.05, 0.1) is 12.7 Å². The van der Waals surface area contributed by atoms with Crippen molar-refractivity contribution in [2.75, 3.05) is 6.61 Å². The summed E-state index contributed by atoms with van der Waals surface area (Å²) in [4.78, 5) is 0. The van der Waals surface area contributed by atoms with Crippen LogP contribution in [0.15, 0.2) is 23.8 Å². The summed E-state index contributed by atoms with van der Waals surface area (Å²) in [5.41, 5.74) is 1.64. The van der Waals surface area contributed by atoms with E-state index in [0.29, 0.717) is 6.10 Å². The van der Waals surface area contributed by atoms with Crippen LogP contribution in [0.3, 0.4) is 0 Å². The van der Waals surface area contributed by atoms with Crippen molar-refractivity contribution in [2.45, 2.75) is 103 Å². The van der Waals surface area contributed by atoms with E-state index in [1.54, 1.807) is 5.57 Å². The van der Waals surface area contributed by atoms with Gasteiger partial charge in [0.15, 0.2) is 0 Å². The normalized spacial score (nSPS) is 30.0. The molecule has 1 heteroatoms. The number of ether oxygens (including phenoxy) is 1. The van der Waals surface area contributed by atoms with Crippen molar-refractivity contribution in [1.82, 2.24) is 0 Å². The molecule has 0 N–H and O–H groups in total. The zero-order valence-electron chi connectivity index (χ0n) is 17.4. The molecule has 0 heterocycles. The molecule has 0 amide bonds. The highest BCUT2D eigenvalue weighted by Crippen LogP contribution is 2.38. The molecular weight excluding hydrogens is 316 g/mol. The Hall–Kier alpha value is -0.560. The summed E-state index contributed by atoms with van der Waals surface area (Å²) in [6.45, 7) is 5.83. The van der Waals surface area contributed by atoms with Gasteiger partial charge in [-0.05, 0) is 75.0 Å². The van der Waals surface area contributed by atoms with Gasteiger partial charge in [0.2, 0.25) is 0 Å². The largest absolute Gasteiger partial charge is 0.378 e. The van der Waals surface area contributed by atoms with Crippen LogP contribution in [0.25, 0.3) is 0 Å². The molecule has 0 saturated heterocycles. The van der Waals surface area contributed by atoms with E-state index >= 15 is 0 Å². The standard InChI is InChI=1S/C25H42O/c1-3-21-14-16-25(17-15-21)26-19-24(23-12-8-5-9-13-23)18-20(2)22-10-6-4-7-11-22/h5,8,14,20,22-25H,3-4,6-7,9-13,15-19H2,1-2H3/t20-,23?,24?,25?/m0/s1. The summed E-state index contributed by atoms with van der Waals surface area (Å²) in [6.07, 6.45) is 25.4. The van der Waals surface area contributed by atoms with E-state index in [4.69, 9.17) is 4.74 Å². The predicted molar refractivity (Wildman–Crippen MR) is 112 cm³/mol. The minimum absolute atomic E-state index is 0.483. The molecule has 148 valence electrons. The summed E-state index contributed by atoms with van der Waals surface area (Å²) in [5, 5.41) is 0. The Morgan fingerprint density at radius 3 is 2.50 bits per heavy atom. The van der Waals surface area contributed by atoms with Crippen LogP contribution in [-0.2, 0) is 4.74 Å². The van der Waals surface area contributed by atoms with Gasteiger partial charge in [-0.2, -0.15) is 0 Å². The number of hydrogen-bond donors (Lipinski definition) is 0. The van der Waals surface area contributed by atoms with Crippen molar-refractivity contribution in [3.05, 3.63) is 23.8 Å². The third kappa shape index (κ3) is 5.98. The van der Waals surface area contributed by atoms with Crippen LogP contribution < -0.4 is 0 Å². The third-order valence-electron chi connectivity index (χ3n) is 7.56. The highest BCUT2D eigenvalue weighted by atomic mass is 16.5. The summed E-state index contributed by atoms with van der Waals surface area (Å²) in [5.74, 6) is 3.49. The molecule has 0 aromatic rings. The SMILES string of the molecule is CCC1=CCC(OCC(C[C@H](C)C2CCCCC2)C2CC=CCC2)CC1. The summed E-state index contributed by atoms with van der Waals surface area (Å²) in [6, 6.07) is 0. The van der Waals surface area contributed by atoms with Crippen LogP contribution in [0.4, 0.5) is 0 Å². The lowest BCUT2D eigenvalue weighted by atomic mass is 9.73. The first-order valence-corrected chi connectivity index (χ1v) is 11.7. The summed E-state index contributed by atoms with van der Waals surface area (Å²) >= 11 is 0. The number of allylic oxidation sites excluding steroid dienone is 3. The second-order valence-corrected chi connectivity index (χ2v) is 9.36. The first-order valence-electron chi connectivity index (χ1n) is 11.7. The lowest BCUT2D eigenvalue weighted by Gasteiger charge is -2.35. The van der Waals surface area contributed by atoms with Gasteiger partial charge in [-0.1, -0.05) is 69.8 Å². The fourth-order valence-electron chi connectivity index (χ4n) is 5.61. The van der Waals surface area contributed by atoms with E-state index in [-0.39, 0.29) is 0 Å². The van der Waals surface area contributed by atoms with Crippen molar-refractivity contribution in [1.29, 1.82) is 0 Å². The van der Waals surface area contributed by atoms with Crippen molar-refractivity contribution in [3.8, 4) is 0 Å². The van der Waals surface area contributed by atoms with Crippen molar-refractivity contribution in [2.24, 2.45) is 23.7 Å². The van der Waals surface area contributed by atoms with Gasteiger partial charge in [-0.15, -0.1) is 0 Å². The molecule has 0 aromatic heterocycles. The Balaban J connectivity index is 1.53. The van der Waals surface area contributed by atoms with Gasteiger partial charge in [-0.25, -0.2) is 0 Å². The molecule has 0 aromatic carbocycles. The van der Waals surface area contributed by atoms with Gasteiger partial charge in [0.25, 0.3) is 0 Å². The maximum atomic E-state index is 6.51. The van der Waals surface area contributed by atoms with E-state index in [2.05, 4.69) is 32.1 Å². The van der Waals surface area contributed by atoms with Crippen LogP contribution >= 0.6 is 0 Å². The second-order valence-electron chi connectivity index (χ2n) is 9.36. The Bertz CT molecular complexity index is 457.